The second kappa shape index (κ2) is 9.31. The number of nitrogens with zero attached hydrogens (tertiary/aromatic N) is 4. The van der Waals surface area contributed by atoms with E-state index in [2.05, 4.69) is 26.1 Å². The standard InChI is InChI=1S/C26H27N5O4/c1-4-18-7-5-8-19(11-18)29-24-20-12-23(22(33-3)13-21(20)27-17-28-24)34-10-6-9-31-15-26(16-31)14-30(2)25(32)35-26/h1,5,7-8,11-13,17H,6,9-10,14-16H2,2-3H3,(H,27,28,29). The molecule has 0 bridgehead atoms. The van der Waals surface area contributed by atoms with Crippen LogP contribution in [-0.4, -0.2) is 78.4 Å². The topological polar surface area (TPSA) is 89.1 Å². The van der Waals surface area contributed by atoms with Gasteiger partial charge in [0.05, 0.1) is 25.8 Å². The number of anilines is 2. The van der Waals surface area contributed by atoms with Crippen LogP contribution in [0.2, 0.25) is 0 Å². The zero-order valence-corrected chi connectivity index (χ0v) is 19.8. The molecule has 1 amide bonds. The Labute approximate surface area is 204 Å². The lowest BCUT2D eigenvalue weighted by molar-refractivity contribution is -0.0742. The molecule has 0 saturated carbocycles. The SMILES string of the molecule is C#Cc1cccc(Nc2ncnc3cc(OC)c(OCCCN4CC5(C4)CN(C)C(=O)O5)cc23)c1. The van der Waals surface area contributed by atoms with Gasteiger partial charge in [-0.15, -0.1) is 6.42 Å². The van der Waals surface area contributed by atoms with Gasteiger partial charge in [0.15, 0.2) is 17.1 Å². The lowest BCUT2D eigenvalue weighted by atomic mass is 9.94. The summed E-state index contributed by atoms with van der Waals surface area (Å²) in [5, 5.41) is 4.14. The zero-order valence-electron chi connectivity index (χ0n) is 19.8. The van der Waals surface area contributed by atoms with Crippen LogP contribution in [0.4, 0.5) is 16.3 Å². The summed E-state index contributed by atoms with van der Waals surface area (Å²) in [4.78, 5) is 24.4. The van der Waals surface area contributed by atoms with Crippen molar-refractivity contribution in [2.24, 2.45) is 0 Å². The highest BCUT2D eigenvalue weighted by molar-refractivity contribution is 5.93. The van der Waals surface area contributed by atoms with E-state index < -0.39 is 0 Å². The summed E-state index contributed by atoms with van der Waals surface area (Å²) in [6.45, 7) is 3.55. The van der Waals surface area contributed by atoms with E-state index in [0.717, 1.165) is 48.2 Å². The number of carbonyl (C=O) groups is 1. The molecule has 35 heavy (non-hydrogen) atoms. The third kappa shape index (κ3) is 4.66. The molecule has 180 valence electrons. The summed E-state index contributed by atoms with van der Waals surface area (Å²) in [5.41, 5.74) is 2.02. The van der Waals surface area contributed by atoms with Gasteiger partial charge in [-0.3, -0.25) is 4.90 Å². The zero-order chi connectivity index (χ0) is 24.4. The molecule has 5 rings (SSSR count). The van der Waals surface area contributed by atoms with Gasteiger partial charge in [-0.05, 0) is 30.7 Å². The van der Waals surface area contributed by atoms with Gasteiger partial charge in [0.25, 0.3) is 0 Å². The molecule has 1 aromatic heterocycles. The van der Waals surface area contributed by atoms with E-state index in [1.807, 2.05) is 36.4 Å². The second-order valence-corrected chi connectivity index (χ2v) is 8.91. The van der Waals surface area contributed by atoms with Crippen LogP contribution in [-0.2, 0) is 4.74 Å². The van der Waals surface area contributed by atoms with E-state index in [9.17, 15) is 4.79 Å². The molecule has 9 nitrogen and oxygen atoms in total. The number of likely N-dealkylation sites (tertiary alicyclic amines) is 1. The number of terminal acetylenes is 1. The smallest absolute Gasteiger partial charge is 0.410 e. The van der Waals surface area contributed by atoms with Gasteiger partial charge in [-0.1, -0.05) is 12.0 Å². The Hall–Kier alpha value is -4.03. The average molecular weight is 474 g/mol. The number of amides is 1. The normalized spacial score (nSPS) is 16.6. The maximum absolute atomic E-state index is 11.6. The molecule has 3 heterocycles. The van der Waals surface area contributed by atoms with Crippen molar-refractivity contribution >= 4 is 28.5 Å². The fraction of sp³-hybridized carbons (Fsp3) is 0.346. The van der Waals surface area contributed by atoms with Crippen molar-refractivity contribution in [3.05, 3.63) is 48.3 Å². The second-order valence-electron chi connectivity index (χ2n) is 8.91. The van der Waals surface area contributed by atoms with E-state index in [4.69, 9.17) is 20.6 Å². The molecular formula is C26H27N5O4. The molecule has 1 N–H and O–H groups in total. The van der Waals surface area contributed by atoms with Crippen LogP contribution in [0.3, 0.4) is 0 Å². The lowest BCUT2D eigenvalue weighted by Gasteiger charge is -2.45. The van der Waals surface area contributed by atoms with Crippen LogP contribution in [0, 0.1) is 12.3 Å². The van der Waals surface area contributed by atoms with Gasteiger partial charge in [-0.2, -0.15) is 0 Å². The lowest BCUT2D eigenvalue weighted by Crippen LogP contribution is -2.63. The minimum atomic E-state index is -0.336. The third-order valence-electron chi connectivity index (χ3n) is 6.25. The van der Waals surface area contributed by atoms with Crippen molar-refractivity contribution in [1.82, 2.24) is 19.8 Å². The van der Waals surface area contributed by atoms with E-state index in [-0.39, 0.29) is 11.7 Å². The number of carbonyl (C=O) groups excluding carboxylic acids is 1. The number of nitrogens with one attached hydrogen (secondary N) is 1. The summed E-state index contributed by atoms with van der Waals surface area (Å²) in [5.74, 6) is 4.53. The van der Waals surface area contributed by atoms with Crippen molar-refractivity contribution in [3.8, 4) is 23.8 Å². The van der Waals surface area contributed by atoms with Gasteiger partial charge in [-0.25, -0.2) is 14.8 Å². The first-order valence-electron chi connectivity index (χ1n) is 11.4. The van der Waals surface area contributed by atoms with E-state index in [1.54, 1.807) is 19.1 Å². The van der Waals surface area contributed by atoms with Gasteiger partial charge in [0, 0.05) is 49.4 Å². The Kier molecular flexibility index (Phi) is 6.05. The predicted octanol–water partition coefficient (Wildman–Crippen LogP) is 3.27. The number of rotatable bonds is 8. The van der Waals surface area contributed by atoms with Crippen LogP contribution in [0.1, 0.15) is 12.0 Å². The summed E-state index contributed by atoms with van der Waals surface area (Å²) in [6.07, 6.45) is 7.63. The van der Waals surface area contributed by atoms with Gasteiger partial charge >= 0.3 is 6.09 Å². The monoisotopic (exact) mass is 473 g/mol. The molecule has 0 radical (unpaired) electrons. The largest absolute Gasteiger partial charge is 0.493 e. The van der Waals surface area contributed by atoms with Crippen LogP contribution in [0.25, 0.3) is 10.9 Å². The molecule has 2 fully saturated rings. The number of ether oxygens (including phenoxy) is 3. The Bertz CT molecular complexity index is 1300. The first-order chi connectivity index (χ1) is 17.0. The highest BCUT2D eigenvalue weighted by atomic mass is 16.6. The number of likely N-dealkylation sites (N-methyl/N-ethyl adjacent to an activating group) is 1. The van der Waals surface area contributed by atoms with Crippen LogP contribution >= 0.6 is 0 Å². The number of aromatic nitrogens is 2. The highest BCUT2D eigenvalue weighted by Gasteiger charge is 2.52. The van der Waals surface area contributed by atoms with Crippen molar-refractivity contribution in [2.45, 2.75) is 12.0 Å². The van der Waals surface area contributed by atoms with Crippen molar-refractivity contribution in [2.75, 3.05) is 52.3 Å². The number of fused-ring (bicyclic) bond motifs is 1. The molecule has 2 aliphatic rings. The average Bonchev–Trinajstić information content (AvgIpc) is 3.15. The highest BCUT2D eigenvalue weighted by Crippen LogP contribution is 2.35. The maximum Gasteiger partial charge on any atom is 0.410 e. The molecule has 0 atom stereocenters. The summed E-state index contributed by atoms with van der Waals surface area (Å²) >= 11 is 0. The number of hydrogen-bond donors (Lipinski definition) is 1. The third-order valence-corrected chi connectivity index (χ3v) is 6.25. The molecule has 3 aromatic rings. The van der Waals surface area contributed by atoms with E-state index in [1.165, 1.54) is 6.33 Å². The quantitative estimate of drug-likeness (QED) is 0.394. The molecule has 0 unspecified atom stereocenters. The fourth-order valence-corrected chi connectivity index (χ4v) is 4.61. The molecule has 9 heteroatoms. The minimum Gasteiger partial charge on any atom is -0.493 e. The van der Waals surface area contributed by atoms with E-state index in [0.29, 0.717) is 30.5 Å². The van der Waals surface area contributed by atoms with Gasteiger partial charge in [0.2, 0.25) is 0 Å². The molecule has 2 aliphatic heterocycles. The Morgan fingerprint density at radius 2 is 2.06 bits per heavy atom. The fourth-order valence-electron chi connectivity index (χ4n) is 4.61. The molecule has 2 saturated heterocycles. The Balaban J connectivity index is 1.23. The molecule has 1 spiro atoms. The van der Waals surface area contributed by atoms with Crippen LogP contribution < -0.4 is 14.8 Å². The first-order valence-corrected chi connectivity index (χ1v) is 11.4. The van der Waals surface area contributed by atoms with Crippen molar-refractivity contribution in [1.29, 1.82) is 0 Å². The van der Waals surface area contributed by atoms with Crippen molar-refractivity contribution in [3.63, 3.8) is 0 Å². The molecular weight excluding hydrogens is 446 g/mol. The summed E-state index contributed by atoms with van der Waals surface area (Å²) in [7, 11) is 3.38. The maximum atomic E-state index is 11.6. The summed E-state index contributed by atoms with van der Waals surface area (Å²) in [6, 6.07) is 11.3. The van der Waals surface area contributed by atoms with E-state index >= 15 is 0 Å². The number of benzene rings is 2. The Morgan fingerprint density at radius 3 is 2.80 bits per heavy atom. The molecule has 0 aliphatic carbocycles. The van der Waals surface area contributed by atoms with Gasteiger partial charge < -0.3 is 24.4 Å². The number of hydrogen-bond acceptors (Lipinski definition) is 8. The first kappa shape index (κ1) is 22.7. The van der Waals surface area contributed by atoms with Gasteiger partial charge in [0.1, 0.15) is 12.1 Å². The predicted molar refractivity (Wildman–Crippen MR) is 132 cm³/mol. The van der Waals surface area contributed by atoms with Crippen LogP contribution in [0.5, 0.6) is 11.5 Å². The number of methoxy groups -OCH3 is 1. The minimum absolute atomic E-state index is 0.238. The Morgan fingerprint density at radius 1 is 1.20 bits per heavy atom. The van der Waals surface area contributed by atoms with Crippen LogP contribution in [0.15, 0.2) is 42.7 Å². The van der Waals surface area contributed by atoms with Crippen molar-refractivity contribution < 1.29 is 19.0 Å². The molecule has 2 aromatic carbocycles. The summed E-state index contributed by atoms with van der Waals surface area (Å²) < 4.78 is 17.1.